The number of nitrogens with zero attached hydrogens (tertiary/aromatic N) is 1. The van der Waals surface area contributed by atoms with Gasteiger partial charge in [-0.15, -0.1) is 0 Å². The van der Waals surface area contributed by atoms with E-state index < -0.39 is 10.0 Å². The lowest BCUT2D eigenvalue weighted by Crippen LogP contribution is -2.46. The number of piperidine rings is 1. The first-order valence-corrected chi connectivity index (χ1v) is 9.12. The van der Waals surface area contributed by atoms with Gasteiger partial charge in [-0.3, -0.25) is 4.79 Å². The molecular formula is C15H22N2O4S. The largest absolute Gasteiger partial charge is 0.380 e. The van der Waals surface area contributed by atoms with Crippen molar-refractivity contribution in [1.82, 2.24) is 9.62 Å². The summed E-state index contributed by atoms with van der Waals surface area (Å²) < 4.78 is 30.1. The maximum atomic E-state index is 12.4. The van der Waals surface area contributed by atoms with E-state index >= 15 is 0 Å². The van der Waals surface area contributed by atoms with Gasteiger partial charge in [0.2, 0.25) is 10.0 Å². The van der Waals surface area contributed by atoms with Crippen LogP contribution in [0.4, 0.5) is 0 Å². The van der Waals surface area contributed by atoms with Gasteiger partial charge < -0.3 is 9.64 Å². The molecule has 1 aromatic rings. The van der Waals surface area contributed by atoms with E-state index in [1.54, 1.807) is 24.1 Å². The summed E-state index contributed by atoms with van der Waals surface area (Å²) in [5.74, 6) is -0.0122. The maximum absolute atomic E-state index is 12.4. The molecule has 122 valence electrons. The van der Waals surface area contributed by atoms with Crippen molar-refractivity contribution in [2.45, 2.75) is 25.5 Å². The third-order valence-electron chi connectivity index (χ3n) is 3.67. The third-order valence-corrected chi connectivity index (χ3v) is 4.44. The number of rotatable bonds is 5. The number of ether oxygens (including phenoxy) is 1. The number of likely N-dealkylation sites (tertiary alicyclic amines) is 1. The molecule has 0 saturated carbocycles. The highest BCUT2D eigenvalue weighted by atomic mass is 32.2. The zero-order valence-electron chi connectivity index (χ0n) is 12.9. The van der Waals surface area contributed by atoms with E-state index in [0.717, 1.165) is 11.8 Å². The summed E-state index contributed by atoms with van der Waals surface area (Å²) >= 11 is 0. The first kappa shape index (κ1) is 16.9. The Morgan fingerprint density at radius 1 is 1.27 bits per heavy atom. The molecule has 1 N–H and O–H groups in total. The van der Waals surface area contributed by atoms with Crippen LogP contribution in [0.5, 0.6) is 0 Å². The van der Waals surface area contributed by atoms with Crippen LogP contribution in [0.2, 0.25) is 0 Å². The van der Waals surface area contributed by atoms with Gasteiger partial charge in [0.15, 0.2) is 0 Å². The van der Waals surface area contributed by atoms with Gasteiger partial charge in [-0.1, -0.05) is 12.1 Å². The summed E-state index contributed by atoms with van der Waals surface area (Å²) in [6.07, 6.45) is 2.44. The quantitative estimate of drug-likeness (QED) is 0.875. The van der Waals surface area contributed by atoms with E-state index in [0.29, 0.717) is 38.1 Å². The van der Waals surface area contributed by atoms with Gasteiger partial charge in [0.05, 0.1) is 12.9 Å². The number of carbonyl (C=O) groups excluding carboxylic acids is 1. The first-order valence-electron chi connectivity index (χ1n) is 7.23. The Kier molecular flexibility index (Phi) is 5.55. The maximum Gasteiger partial charge on any atom is 0.253 e. The fourth-order valence-corrected chi connectivity index (χ4v) is 3.44. The first-order chi connectivity index (χ1) is 10.4. The number of carbonyl (C=O) groups is 1. The van der Waals surface area contributed by atoms with Crippen molar-refractivity contribution in [3.05, 3.63) is 35.4 Å². The van der Waals surface area contributed by atoms with E-state index in [1.165, 1.54) is 0 Å². The molecule has 0 atom stereocenters. The molecule has 0 spiro atoms. The molecule has 2 rings (SSSR count). The van der Waals surface area contributed by atoms with Crippen LogP contribution < -0.4 is 4.72 Å². The monoisotopic (exact) mass is 326 g/mol. The molecule has 0 bridgehead atoms. The Labute approximate surface area is 131 Å². The Bertz CT molecular complexity index is 605. The van der Waals surface area contributed by atoms with E-state index in [4.69, 9.17) is 4.74 Å². The Morgan fingerprint density at radius 3 is 2.36 bits per heavy atom. The summed E-state index contributed by atoms with van der Waals surface area (Å²) in [5.41, 5.74) is 1.67. The van der Waals surface area contributed by atoms with Crippen LogP contribution in [0.3, 0.4) is 0 Å². The molecule has 22 heavy (non-hydrogen) atoms. The topological polar surface area (TPSA) is 75.7 Å². The van der Waals surface area contributed by atoms with E-state index in [1.807, 2.05) is 12.1 Å². The summed E-state index contributed by atoms with van der Waals surface area (Å²) in [7, 11) is -1.56. The number of hydrogen-bond donors (Lipinski definition) is 1. The average Bonchev–Trinajstić information content (AvgIpc) is 2.47. The highest BCUT2D eigenvalue weighted by Gasteiger charge is 2.25. The third kappa shape index (κ3) is 4.79. The smallest absolute Gasteiger partial charge is 0.253 e. The second-order valence-electron chi connectivity index (χ2n) is 5.59. The Morgan fingerprint density at radius 2 is 1.86 bits per heavy atom. The fourth-order valence-electron chi connectivity index (χ4n) is 2.60. The van der Waals surface area contributed by atoms with Crippen molar-refractivity contribution in [3.8, 4) is 0 Å². The molecule has 1 aliphatic rings. The number of nitrogens with one attached hydrogen (secondary N) is 1. The summed E-state index contributed by atoms with van der Waals surface area (Å²) in [6, 6.07) is 7.29. The van der Waals surface area contributed by atoms with Crippen molar-refractivity contribution in [1.29, 1.82) is 0 Å². The van der Waals surface area contributed by atoms with Gasteiger partial charge in [-0.05, 0) is 30.5 Å². The van der Waals surface area contributed by atoms with Crippen LogP contribution in [0.15, 0.2) is 24.3 Å². The molecule has 1 aliphatic heterocycles. The van der Waals surface area contributed by atoms with Crippen LogP contribution in [-0.4, -0.2) is 51.7 Å². The minimum absolute atomic E-state index is 0.0122. The molecule has 1 fully saturated rings. The zero-order valence-corrected chi connectivity index (χ0v) is 13.7. The number of sulfonamides is 1. The molecule has 0 aliphatic carbocycles. The second-order valence-corrected chi connectivity index (χ2v) is 7.37. The highest BCUT2D eigenvalue weighted by molar-refractivity contribution is 7.88. The van der Waals surface area contributed by atoms with Crippen molar-refractivity contribution in [2.75, 3.05) is 26.5 Å². The standard InChI is InChI=1S/C15H22N2O4S/c1-21-11-12-3-5-13(6-4-12)15(18)17-9-7-14(8-10-17)16-22(2,19)20/h3-6,14,16H,7-11H2,1-2H3. The lowest BCUT2D eigenvalue weighted by molar-refractivity contribution is 0.0711. The predicted molar refractivity (Wildman–Crippen MR) is 84.1 cm³/mol. The summed E-state index contributed by atoms with van der Waals surface area (Å²) in [6.45, 7) is 1.65. The highest BCUT2D eigenvalue weighted by Crippen LogP contribution is 2.15. The SMILES string of the molecule is COCc1ccc(C(=O)N2CCC(NS(C)(=O)=O)CC2)cc1. The number of hydrogen-bond acceptors (Lipinski definition) is 4. The normalized spacial score (nSPS) is 16.7. The van der Waals surface area contributed by atoms with Crippen molar-refractivity contribution < 1.29 is 17.9 Å². The molecule has 0 unspecified atom stereocenters. The van der Waals surface area contributed by atoms with Crippen LogP contribution in [0, 0.1) is 0 Å². The van der Waals surface area contributed by atoms with Crippen LogP contribution in [-0.2, 0) is 21.4 Å². The van der Waals surface area contributed by atoms with Gasteiger partial charge in [0, 0.05) is 31.8 Å². The number of benzene rings is 1. The number of methoxy groups -OCH3 is 1. The number of amides is 1. The van der Waals surface area contributed by atoms with Gasteiger partial charge in [-0.25, -0.2) is 13.1 Å². The molecule has 1 amide bonds. The fraction of sp³-hybridized carbons (Fsp3) is 0.533. The predicted octanol–water partition coefficient (Wildman–Crippen LogP) is 0.987. The van der Waals surface area contributed by atoms with E-state index in [9.17, 15) is 13.2 Å². The van der Waals surface area contributed by atoms with Gasteiger partial charge in [0.25, 0.3) is 5.91 Å². The van der Waals surface area contributed by atoms with Gasteiger partial charge in [0.1, 0.15) is 0 Å². The molecule has 6 nitrogen and oxygen atoms in total. The lowest BCUT2D eigenvalue weighted by atomic mass is 10.0. The zero-order chi connectivity index (χ0) is 16.2. The summed E-state index contributed by atoms with van der Waals surface area (Å²) in [5, 5.41) is 0. The van der Waals surface area contributed by atoms with E-state index in [-0.39, 0.29) is 11.9 Å². The van der Waals surface area contributed by atoms with E-state index in [2.05, 4.69) is 4.72 Å². The lowest BCUT2D eigenvalue weighted by Gasteiger charge is -2.32. The average molecular weight is 326 g/mol. The van der Waals surface area contributed by atoms with Crippen LogP contribution >= 0.6 is 0 Å². The molecule has 0 radical (unpaired) electrons. The van der Waals surface area contributed by atoms with Gasteiger partial charge >= 0.3 is 0 Å². The van der Waals surface area contributed by atoms with Gasteiger partial charge in [-0.2, -0.15) is 0 Å². The van der Waals surface area contributed by atoms with Crippen LogP contribution in [0.25, 0.3) is 0 Å². The Hall–Kier alpha value is -1.44. The molecule has 1 heterocycles. The molecule has 1 aromatic carbocycles. The minimum Gasteiger partial charge on any atom is -0.380 e. The van der Waals surface area contributed by atoms with Crippen molar-refractivity contribution in [2.24, 2.45) is 0 Å². The molecular weight excluding hydrogens is 304 g/mol. The molecule has 1 saturated heterocycles. The van der Waals surface area contributed by atoms with Crippen molar-refractivity contribution in [3.63, 3.8) is 0 Å². The van der Waals surface area contributed by atoms with Crippen molar-refractivity contribution >= 4 is 15.9 Å². The molecule has 7 heteroatoms. The summed E-state index contributed by atoms with van der Waals surface area (Å²) in [4.78, 5) is 14.2. The second kappa shape index (κ2) is 7.21. The molecule has 0 aromatic heterocycles. The minimum atomic E-state index is -3.19. The van der Waals surface area contributed by atoms with Crippen LogP contribution in [0.1, 0.15) is 28.8 Å². The Balaban J connectivity index is 1.92.